The van der Waals surface area contributed by atoms with Crippen LogP contribution in [0.5, 0.6) is 46.0 Å². The summed E-state index contributed by atoms with van der Waals surface area (Å²) in [4.78, 5) is 12.7. The minimum absolute atomic E-state index is 0.0654. The van der Waals surface area contributed by atoms with Crippen molar-refractivity contribution in [2.75, 3.05) is 0 Å². The number of fused-ring (bicyclic) bond motifs is 1. The molecule has 0 aliphatic carbocycles. The lowest BCUT2D eigenvalue weighted by Crippen LogP contribution is -2.34. The molecule has 3 aromatic carbocycles. The van der Waals surface area contributed by atoms with Crippen LogP contribution < -0.4 is 4.74 Å². The number of ether oxygens (including phenoxy) is 2. The molecule has 2 atom stereocenters. The number of hydrogen-bond donors (Lipinski definition) is 7. The zero-order chi connectivity index (χ0) is 23.2. The molecule has 1 aliphatic heterocycles. The van der Waals surface area contributed by atoms with E-state index >= 15 is 0 Å². The summed E-state index contributed by atoms with van der Waals surface area (Å²) >= 11 is 0. The number of carbonyl (C=O) groups is 1. The van der Waals surface area contributed by atoms with Crippen molar-refractivity contribution in [1.82, 2.24) is 0 Å². The molecule has 3 aromatic rings. The van der Waals surface area contributed by atoms with Crippen molar-refractivity contribution in [2.45, 2.75) is 18.6 Å². The molecule has 7 N–H and O–H groups in total. The zero-order valence-electron chi connectivity index (χ0n) is 16.3. The van der Waals surface area contributed by atoms with E-state index in [4.69, 9.17) is 9.47 Å². The van der Waals surface area contributed by atoms with E-state index in [2.05, 4.69) is 0 Å². The Labute approximate surface area is 180 Å². The third kappa shape index (κ3) is 3.69. The summed E-state index contributed by atoms with van der Waals surface area (Å²) in [6, 6.07) is 8.46. The first kappa shape index (κ1) is 20.8. The molecule has 0 bridgehead atoms. The van der Waals surface area contributed by atoms with Crippen molar-refractivity contribution >= 4 is 5.97 Å². The summed E-state index contributed by atoms with van der Waals surface area (Å²) in [6.07, 6.45) is -1.96. The zero-order valence-corrected chi connectivity index (χ0v) is 16.3. The van der Waals surface area contributed by atoms with E-state index in [9.17, 15) is 40.5 Å². The topological polar surface area (TPSA) is 177 Å². The summed E-state index contributed by atoms with van der Waals surface area (Å²) < 4.78 is 11.4. The van der Waals surface area contributed by atoms with Crippen molar-refractivity contribution in [2.24, 2.45) is 0 Å². The lowest BCUT2D eigenvalue weighted by Gasteiger charge is -2.33. The summed E-state index contributed by atoms with van der Waals surface area (Å²) in [7, 11) is 0. The van der Waals surface area contributed by atoms with Gasteiger partial charge in [0.05, 0.1) is 5.56 Å². The SMILES string of the molecule is O=C(O[C@@H]1Cc2ccc(O)cc2O[C@H]1c1cc(O)c(O)c(O)c1)c1cc(O)c(O)c(O)c1. The van der Waals surface area contributed by atoms with Crippen LogP contribution in [-0.4, -0.2) is 47.8 Å². The highest BCUT2D eigenvalue weighted by molar-refractivity contribution is 5.91. The smallest absolute Gasteiger partial charge is 0.338 e. The van der Waals surface area contributed by atoms with E-state index in [0.717, 1.165) is 24.3 Å². The number of benzene rings is 3. The molecule has 1 aliphatic rings. The van der Waals surface area contributed by atoms with Gasteiger partial charge < -0.3 is 45.2 Å². The molecule has 10 nitrogen and oxygen atoms in total. The van der Waals surface area contributed by atoms with Gasteiger partial charge >= 0.3 is 5.97 Å². The van der Waals surface area contributed by atoms with Crippen molar-refractivity contribution in [1.29, 1.82) is 0 Å². The Balaban J connectivity index is 1.72. The highest BCUT2D eigenvalue weighted by Crippen LogP contribution is 2.43. The molecule has 0 unspecified atom stereocenters. The van der Waals surface area contributed by atoms with Crippen LogP contribution in [0.15, 0.2) is 42.5 Å². The van der Waals surface area contributed by atoms with Gasteiger partial charge in [-0.05, 0) is 35.9 Å². The predicted octanol–water partition coefficient (Wildman–Crippen LogP) is 2.53. The fraction of sp³-hybridized carbons (Fsp3) is 0.136. The molecule has 10 heteroatoms. The standard InChI is InChI=1S/C22H18O10/c23-12-2-1-9-7-18(32-22(30)11-5-15(26)20(29)16(27)6-11)21(31-17(9)8-12)10-3-13(24)19(28)14(25)4-10/h1-6,8,18,21,23-29H,7H2/t18-,21+/m1/s1. The minimum Gasteiger partial charge on any atom is -0.508 e. The quantitative estimate of drug-likeness (QED) is 0.235. The normalized spacial score (nSPS) is 17.2. The van der Waals surface area contributed by atoms with E-state index in [1.807, 2.05) is 0 Å². The van der Waals surface area contributed by atoms with E-state index in [1.54, 1.807) is 6.07 Å². The van der Waals surface area contributed by atoms with Gasteiger partial charge in [0.15, 0.2) is 40.6 Å². The van der Waals surface area contributed by atoms with Crippen LogP contribution >= 0.6 is 0 Å². The third-order valence-electron chi connectivity index (χ3n) is 5.05. The summed E-state index contributed by atoms with van der Waals surface area (Å²) in [6.45, 7) is 0. The number of aromatic hydroxyl groups is 7. The maximum atomic E-state index is 12.7. The van der Waals surface area contributed by atoms with Crippen LogP contribution in [0.2, 0.25) is 0 Å². The fourth-order valence-corrected chi connectivity index (χ4v) is 3.46. The first-order valence-corrected chi connectivity index (χ1v) is 9.33. The van der Waals surface area contributed by atoms with Gasteiger partial charge in [-0.15, -0.1) is 0 Å². The Morgan fingerprint density at radius 2 is 1.38 bits per heavy atom. The lowest BCUT2D eigenvalue weighted by molar-refractivity contribution is -0.0184. The average Bonchev–Trinajstić information content (AvgIpc) is 2.74. The summed E-state index contributed by atoms with van der Waals surface area (Å²) in [5.74, 6) is -4.93. The first-order valence-electron chi connectivity index (χ1n) is 9.33. The Bertz CT molecular complexity index is 1170. The van der Waals surface area contributed by atoms with Gasteiger partial charge in [-0.1, -0.05) is 6.07 Å². The van der Waals surface area contributed by atoms with Gasteiger partial charge in [0.25, 0.3) is 0 Å². The predicted molar refractivity (Wildman–Crippen MR) is 107 cm³/mol. The van der Waals surface area contributed by atoms with Crippen LogP contribution in [0.3, 0.4) is 0 Å². The van der Waals surface area contributed by atoms with Crippen LogP contribution in [0.1, 0.15) is 27.6 Å². The summed E-state index contributed by atoms with van der Waals surface area (Å²) in [5, 5.41) is 68.0. The van der Waals surface area contributed by atoms with Crippen LogP contribution in [-0.2, 0) is 11.2 Å². The lowest BCUT2D eigenvalue weighted by atomic mass is 9.94. The van der Waals surface area contributed by atoms with Crippen molar-refractivity contribution in [3.8, 4) is 46.0 Å². The van der Waals surface area contributed by atoms with E-state index in [0.29, 0.717) is 5.56 Å². The molecule has 0 saturated heterocycles. The van der Waals surface area contributed by atoms with E-state index < -0.39 is 52.7 Å². The number of esters is 1. The van der Waals surface area contributed by atoms with Gasteiger partial charge in [0.1, 0.15) is 17.6 Å². The highest BCUT2D eigenvalue weighted by Gasteiger charge is 2.36. The second kappa shape index (κ2) is 7.65. The van der Waals surface area contributed by atoms with Crippen molar-refractivity contribution < 1.29 is 50.0 Å². The molecular formula is C22H18O10. The number of phenols is 7. The van der Waals surface area contributed by atoms with Gasteiger partial charge in [-0.3, -0.25) is 0 Å². The van der Waals surface area contributed by atoms with Gasteiger partial charge in [-0.25, -0.2) is 4.79 Å². The number of phenolic OH excluding ortho intramolecular Hbond substituents is 7. The Kier molecular flexibility index (Phi) is 4.97. The van der Waals surface area contributed by atoms with Gasteiger partial charge in [-0.2, -0.15) is 0 Å². The first-order chi connectivity index (χ1) is 15.1. The second-order valence-electron chi connectivity index (χ2n) is 7.25. The molecule has 166 valence electrons. The maximum absolute atomic E-state index is 12.7. The molecule has 0 amide bonds. The molecule has 0 saturated carbocycles. The Morgan fingerprint density at radius 1 is 0.812 bits per heavy atom. The van der Waals surface area contributed by atoms with Crippen LogP contribution in [0, 0.1) is 0 Å². The molecule has 0 spiro atoms. The Hall–Kier alpha value is -4.47. The van der Waals surface area contributed by atoms with Crippen molar-refractivity contribution in [3.05, 3.63) is 59.2 Å². The number of rotatable bonds is 3. The molecule has 0 radical (unpaired) electrons. The fourth-order valence-electron chi connectivity index (χ4n) is 3.46. The van der Waals surface area contributed by atoms with Crippen LogP contribution in [0.4, 0.5) is 0 Å². The monoisotopic (exact) mass is 442 g/mol. The average molecular weight is 442 g/mol. The Morgan fingerprint density at radius 3 is 1.97 bits per heavy atom. The maximum Gasteiger partial charge on any atom is 0.338 e. The second-order valence-corrected chi connectivity index (χ2v) is 7.25. The van der Waals surface area contributed by atoms with Crippen LogP contribution in [0.25, 0.3) is 0 Å². The minimum atomic E-state index is -1.06. The van der Waals surface area contributed by atoms with E-state index in [-0.39, 0.29) is 29.0 Å². The molecular weight excluding hydrogens is 424 g/mol. The molecule has 0 aromatic heterocycles. The van der Waals surface area contributed by atoms with Gasteiger partial charge in [0.2, 0.25) is 0 Å². The molecule has 1 heterocycles. The number of carbonyl (C=O) groups excluding carboxylic acids is 1. The molecule has 32 heavy (non-hydrogen) atoms. The van der Waals surface area contributed by atoms with Crippen molar-refractivity contribution in [3.63, 3.8) is 0 Å². The third-order valence-corrected chi connectivity index (χ3v) is 5.05. The summed E-state index contributed by atoms with van der Waals surface area (Å²) in [5.41, 5.74) is 0.519. The van der Waals surface area contributed by atoms with Gasteiger partial charge in [0, 0.05) is 18.1 Å². The largest absolute Gasteiger partial charge is 0.508 e. The van der Waals surface area contributed by atoms with E-state index in [1.165, 1.54) is 12.1 Å². The molecule has 0 fully saturated rings. The number of hydrogen-bond acceptors (Lipinski definition) is 10. The highest BCUT2D eigenvalue weighted by atomic mass is 16.6. The molecule has 4 rings (SSSR count).